The van der Waals surface area contributed by atoms with Crippen molar-refractivity contribution >= 4 is 24.0 Å². The Bertz CT molecular complexity index is 660. The molecule has 1 amide bonds. The number of rotatable bonds is 5. The maximum Gasteiger partial charge on any atom is 0.255 e. The second-order valence-electron chi connectivity index (χ2n) is 6.38. The maximum atomic E-state index is 12.3. The first-order valence-electron chi connectivity index (χ1n) is 8.59. The molecule has 4 nitrogen and oxygen atoms in total. The van der Waals surface area contributed by atoms with E-state index in [0.717, 1.165) is 25.3 Å². The number of benzene rings is 2. The number of hydrogen-bond acceptors (Lipinski definition) is 3. The van der Waals surface area contributed by atoms with Crippen molar-refractivity contribution in [1.29, 1.82) is 0 Å². The molecule has 25 heavy (non-hydrogen) atoms. The minimum atomic E-state index is -0.0685. The summed E-state index contributed by atoms with van der Waals surface area (Å²) in [6.07, 6.45) is 2.49. The molecule has 1 aliphatic heterocycles. The van der Waals surface area contributed by atoms with Gasteiger partial charge in [-0.2, -0.15) is 0 Å². The summed E-state index contributed by atoms with van der Waals surface area (Å²) in [5.41, 5.74) is 2.76. The van der Waals surface area contributed by atoms with Crippen LogP contribution in [0.15, 0.2) is 54.6 Å². The van der Waals surface area contributed by atoms with E-state index in [9.17, 15) is 4.79 Å². The van der Waals surface area contributed by atoms with Gasteiger partial charge in [-0.25, -0.2) is 0 Å². The van der Waals surface area contributed by atoms with E-state index in [1.807, 2.05) is 49.5 Å². The molecule has 0 saturated carbocycles. The Kier molecular flexibility index (Phi) is 7.44. The van der Waals surface area contributed by atoms with Crippen LogP contribution in [0, 0.1) is 0 Å². The molecule has 1 heterocycles. The van der Waals surface area contributed by atoms with Crippen molar-refractivity contribution in [3.8, 4) is 0 Å². The lowest BCUT2D eigenvalue weighted by Gasteiger charge is -2.32. The van der Waals surface area contributed by atoms with E-state index in [0.29, 0.717) is 11.6 Å². The van der Waals surface area contributed by atoms with Gasteiger partial charge in [-0.3, -0.25) is 9.69 Å². The van der Waals surface area contributed by atoms with Gasteiger partial charge in [0.2, 0.25) is 0 Å². The molecular formula is C20H26ClN3O. The topological polar surface area (TPSA) is 44.4 Å². The van der Waals surface area contributed by atoms with Crippen molar-refractivity contribution in [1.82, 2.24) is 10.2 Å². The first kappa shape index (κ1) is 19.4. The van der Waals surface area contributed by atoms with E-state index in [4.69, 9.17) is 0 Å². The number of likely N-dealkylation sites (tertiary alicyclic amines) is 1. The van der Waals surface area contributed by atoms with Crippen molar-refractivity contribution in [3.05, 3.63) is 65.7 Å². The van der Waals surface area contributed by atoms with Crippen molar-refractivity contribution in [2.24, 2.45) is 0 Å². The lowest BCUT2D eigenvalue weighted by Crippen LogP contribution is -2.43. The Morgan fingerprint density at radius 1 is 1.12 bits per heavy atom. The van der Waals surface area contributed by atoms with Gasteiger partial charge in [-0.1, -0.05) is 30.3 Å². The molecule has 0 radical (unpaired) electrons. The minimum Gasteiger partial charge on any atom is -0.322 e. The van der Waals surface area contributed by atoms with Crippen LogP contribution in [0.1, 0.15) is 28.8 Å². The fourth-order valence-electron chi connectivity index (χ4n) is 3.18. The average Bonchev–Trinajstić information content (AvgIpc) is 2.63. The van der Waals surface area contributed by atoms with Crippen LogP contribution in [0.4, 0.5) is 5.69 Å². The molecule has 0 aromatic heterocycles. The minimum absolute atomic E-state index is 0. The second-order valence-corrected chi connectivity index (χ2v) is 6.38. The summed E-state index contributed by atoms with van der Waals surface area (Å²) in [6, 6.07) is 18.1. The summed E-state index contributed by atoms with van der Waals surface area (Å²) < 4.78 is 0. The van der Waals surface area contributed by atoms with Crippen LogP contribution < -0.4 is 10.6 Å². The molecule has 1 aliphatic rings. The summed E-state index contributed by atoms with van der Waals surface area (Å²) in [6.45, 7) is 3.18. The molecular weight excluding hydrogens is 334 g/mol. The lowest BCUT2D eigenvalue weighted by molar-refractivity contribution is 0.102. The Morgan fingerprint density at radius 2 is 1.84 bits per heavy atom. The third kappa shape index (κ3) is 5.56. The van der Waals surface area contributed by atoms with Gasteiger partial charge >= 0.3 is 0 Å². The number of anilines is 1. The van der Waals surface area contributed by atoms with Crippen molar-refractivity contribution in [2.75, 3.05) is 25.5 Å². The van der Waals surface area contributed by atoms with Gasteiger partial charge in [-0.15, -0.1) is 12.4 Å². The zero-order valence-electron chi connectivity index (χ0n) is 14.6. The Balaban J connectivity index is 0.00000225. The van der Waals surface area contributed by atoms with Crippen LogP contribution in [0.3, 0.4) is 0 Å². The number of nitrogens with one attached hydrogen (secondary N) is 2. The number of amides is 1. The Labute approximate surface area is 156 Å². The number of hydrogen-bond donors (Lipinski definition) is 2. The highest BCUT2D eigenvalue weighted by Gasteiger charge is 2.18. The monoisotopic (exact) mass is 359 g/mol. The first-order valence-corrected chi connectivity index (χ1v) is 8.59. The van der Waals surface area contributed by atoms with Crippen molar-refractivity contribution < 1.29 is 4.79 Å². The van der Waals surface area contributed by atoms with Crippen molar-refractivity contribution in [2.45, 2.75) is 25.4 Å². The molecule has 0 aliphatic carbocycles. The molecule has 0 bridgehead atoms. The largest absolute Gasteiger partial charge is 0.322 e. The summed E-state index contributed by atoms with van der Waals surface area (Å²) in [5, 5.41) is 6.29. The molecule has 1 fully saturated rings. The third-order valence-electron chi connectivity index (χ3n) is 4.57. The summed E-state index contributed by atoms with van der Waals surface area (Å²) in [7, 11) is 2.04. The van der Waals surface area contributed by atoms with Crippen LogP contribution in [0.5, 0.6) is 0 Å². The highest BCUT2D eigenvalue weighted by molar-refractivity contribution is 6.04. The van der Waals surface area contributed by atoms with E-state index < -0.39 is 0 Å². The van der Waals surface area contributed by atoms with Gasteiger partial charge < -0.3 is 10.6 Å². The Morgan fingerprint density at radius 3 is 2.52 bits per heavy atom. The fraction of sp³-hybridized carbons (Fsp3) is 0.350. The first-order chi connectivity index (χ1) is 11.7. The van der Waals surface area contributed by atoms with Crippen LogP contribution in [-0.4, -0.2) is 37.0 Å². The van der Waals surface area contributed by atoms with E-state index >= 15 is 0 Å². The Hall–Kier alpha value is -1.88. The normalized spacial score (nSPS) is 17.6. The maximum absolute atomic E-state index is 12.3. The van der Waals surface area contributed by atoms with E-state index in [1.165, 1.54) is 18.4 Å². The lowest BCUT2D eigenvalue weighted by atomic mass is 10.0. The van der Waals surface area contributed by atoms with E-state index in [2.05, 4.69) is 27.7 Å². The zero-order chi connectivity index (χ0) is 16.8. The summed E-state index contributed by atoms with van der Waals surface area (Å²) in [5.74, 6) is -0.0685. The SMILES string of the molecule is CNC1CCCN(Cc2ccc(C(=O)Nc3ccccc3)cc2)C1.Cl. The number of para-hydroxylation sites is 1. The molecule has 2 aromatic rings. The van der Waals surface area contributed by atoms with Gasteiger partial charge in [0.25, 0.3) is 5.91 Å². The second kappa shape index (κ2) is 9.56. The highest BCUT2D eigenvalue weighted by atomic mass is 35.5. The molecule has 1 unspecified atom stereocenters. The van der Waals surface area contributed by atoms with Gasteiger partial charge in [-0.05, 0) is 56.3 Å². The highest BCUT2D eigenvalue weighted by Crippen LogP contribution is 2.15. The van der Waals surface area contributed by atoms with Crippen LogP contribution in [0.25, 0.3) is 0 Å². The molecule has 5 heteroatoms. The summed E-state index contributed by atoms with van der Waals surface area (Å²) >= 11 is 0. The number of piperidine rings is 1. The summed E-state index contributed by atoms with van der Waals surface area (Å²) in [4.78, 5) is 14.7. The number of nitrogens with zero attached hydrogens (tertiary/aromatic N) is 1. The molecule has 0 spiro atoms. The van der Waals surface area contributed by atoms with Crippen LogP contribution in [0.2, 0.25) is 0 Å². The molecule has 2 aromatic carbocycles. The van der Waals surface area contributed by atoms with Gasteiger partial charge in [0.05, 0.1) is 0 Å². The smallest absolute Gasteiger partial charge is 0.255 e. The predicted octanol–water partition coefficient (Wildman–Crippen LogP) is 3.54. The number of likely N-dealkylation sites (N-methyl/N-ethyl adjacent to an activating group) is 1. The average molecular weight is 360 g/mol. The quantitative estimate of drug-likeness (QED) is 0.858. The van der Waals surface area contributed by atoms with Gasteiger partial charge in [0, 0.05) is 30.4 Å². The number of carbonyl (C=O) groups excluding carboxylic acids is 1. The predicted molar refractivity (Wildman–Crippen MR) is 105 cm³/mol. The van der Waals surface area contributed by atoms with Gasteiger partial charge in [0.1, 0.15) is 0 Å². The zero-order valence-corrected chi connectivity index (χ0v) is 15.4. The molecule has 3 rings (SSSR count). The van der Waals surface area contributed by atoms with Crippen LogP contribution >= 0.6 is 12.4 Å². The number of carbonyl (C=O) groups is 1. The van der Waals surface area contributed by atoms with Crippen LogP contribution in [-0.2, 0) is 6.54 Å². The van der Waals surface area contributed by atoms with E-state index in [-0.39, 0.29) is 18.3 Å². The van der Waals surface area contributed by atoms with Crippen molar-refractivity contribution in [3.63, 3.8) is 0 Å². The molecule has 2 N–H and O–H groups in total. The standard InChI is InChI=1S/C20H25N3O.ClH/c1-21-19-8-5-13-23(15-19)14-16-9-11-17(12-10-16)20(24)22-18-6-3-2-4-7-18;/h2-4,6-7,9-12,19,21H,5,8,13-15H2,1H3,(H,22,24);1H. The van der Waals surface area contributed by atoms with Gasteiger partial charge in [0.15, 0.2) is 0 Å². The fourth-order valence-corrected chi connectivity index (χ4v) is 3.18. The third-order valence-corrected chi connectivity index (χ3v) is 4.57. The molecule has 1 saturated heterocycles. The molecule has 1 atom stereocenters. The number of halogens is 1. The van der Waals surface area contributed by atoms with E-state index in [1.54, 1.807) is 0 Å². The molecule has 134 valence electrons.